The van der Waals surface area contributed by atoms with Gasteiger partial charge in [-0.2, -0.15) is 0 Å². The number of amides is 1. The summed E-state index contributed by atoms with van der Waals surface area (Å²) in [6.45, 7) is 2.16. The van der Waals surface area contributed by atoms with Crippen LogP contribution in [0.4, 0.5) is 5.82 Å². The summed E-state index contributed by atoms with van der Waals surface area (Å²) in [6, 6.07) is 19.7. The number of rotatable bonds is 8. The van der Waals surface area contributed by atoms with Crippen LogP contribution in [0.15, 0.2) is 60.7 Å². The number of nitrogens with zero attached hydrogens (tertiary/aromatic N) is 3. The van der Waals surface area contributed by atoms with Crippen LogP contribution in [0.3, 0.4) is 0 Å². The number of aromatic nitrogens is 2. The van der Waals surface area contributed by atoms with Crippen molar-refractivity contribution in [1.29, 1.82) is 0 Å². The third-order valence-corrected chi connectivity index (χ3v) is 6.02. The number of methoxy groups -OCH3 is 2. The summed E-state index contributed by atoms with van der Waals surface area (Å²) >= 11 is 0. The van der Waals surface area contributed by atoms with E-state index in [9.17, 15) is 4.79 Å². The molecule has 3 aromatic rings. The number of carbonyl (C=O) groups excluding carboxylic acids is 1. The summed E-state index contributed by atoms with van der Waals surface area (Å²) in [7, 11) is 3.31. The largest absolute Gasteiger partial charge is 0.497 e. The summed E-state index contributed by atoms with van der Waals surface area (Å²) in [5.41, 5.74) is 2.97. The maximum Gasteiger partial charge on any atom is 0.224 e. The van der Waals surface area contributed by atoms with Crippen molar-refractivity contribution in [3.05, 3.63) is 66.2 Å². The van der Waals surface area contributed by atoms with Gasteiger partial charge in [0.05, 0.1) is 25.8 Å². The molecular weight excluding hydrogens is 416 g/mol. The van der Waals surface area contributed by atoms with Crippen LogP contribution in [0, 0.1) is 5.92 Å². The second kappa shape index (κ2) is 10.8. The molecule has 1 unspecified atom stereocenters. The molecule has 7 nitrogen and oxygen atoms in total. The Kier molecular flexibility index (Phi) is 7.40. The molecule has 2 heterocycles. The molecular formula is C26H30N4O3. The first-order valence-electron chi connectivity index (χ1n) is 11.3. The topological polar surface area (TPSA) is 76.6 Å². The predicted octanol–water partition coefficient (Wildman–Crippen LogP) is 3.74. The van der Waals surface area contributed by atoms with E-state index in [1.807, 2.05) is 60.7 Å². The van der Waals surface area contributed by atoms with Crippen molar-refractivity contribution in [2.45, 2.75) is 19.3 Å². The molecule has 4 rings (SSSR count). The lowest BCUT2D eigenvalue weighted by Crippen LogP contribution is -2.43. The SMILES string of the molecule is COc1ccc(CCNC(=O)C2CCCN(c3ccc(-c4ccc(OC)cc4)nn3)C2)cc1. The van der Waals surface area contributed by atoms with Gasteiger partial charge in [0.2, 0.25) is 5.91 Å². The number of hydrogen-bond acceptors (Lipinski definition) is 6. The van der Waals surface area contributed by atoms with E-state index in [0.29, 0.717) is 13.1 Å². The molecule has 1 aliphatic rings. The second-order valence-corrected chi connectivity index (χ2v) is 8.18. The van der Waals surface area contributed by atoms with Gasteiger partial charge in [-0.15, -0.1) is 10.2 Å². The third kappa shape index (κ3) is 5.80. The summed E-state index contributed by atoms with van der Waals surface area (Å²) < 4.78 is 10.4. The molecule has 1 aromatic heterocycles. The van der Waals surface area contributed by atoms with Gasteiger partial charge >= 0.3 is 0 Å². The first-order chi connectivity index (χ1) is 16.2. The smallest absolute Gasteiger partial charge is 0.224 e. The van der Waals surface area contributed by atoms with Gasteiger partial charge in [-0.25, -0.2) is 0 Å². The van der Waals surface area contributed by atoms with Gasteiger partial charge in [0.15, 0.2) is 5.82 Å². The van der Waals surface area contributed by atoms with Gasteiger partial charge in [-0.3, -0.25) is 4.79 Å². The van der Waals surface area contributed by atoms with Crippen LogP contribution >= 0.6 is 0 Å². The van der Waals surface area contributed by atoms with Crippen molar-refractivity contribution in [3.8, 4) is 22.8 Å². The molecule has 0 aliphatic carbocycles. The number of piperidine rings is 1. The van der Waals surface area contributed by atoms with Gasteiger partial charge < -0.3 is 19.7 Å². The molecule has 33 heavy (non-hydrogen) atoms. The van der Waals surface area contributed by atoms with E-state index in [-0.39, 0.29) is 11.8 Å². The Morgan fingerprint density at radius 1 is 0.970 bits per heavy atom. The van der Waals surface area contributed by atoms with Crippen molar-refractivity contribution in [3.63, 3.8) is 0 Å². The molecule has 0 saturated carbocycles. The van der Waals surface area contributed by atoms with Gasteiger partial charge in [0.1, 0.15) is 11.5 Å². The molecule has 172 valence electrons. The molecule has 1 saturated heterocycles. The molecule has 7 heteroatoms. The zero-order valence-corrected chi connectivity index (χ0v) is 19.2. The molecule has 0 spiro atoms. The van der Waals surface area contributed by atoms with Gasteiger partial charge in [-0.1, -0.05) is 12.1 Å². The fourth-order valence-corrected chi connectivity index (χ4v) is 4.08. The lowest BCUT2D eigenvalue weighted by Gasteiger charge is -2.32. The van der Waals surface area contributed by atoms with Gasteiger partial charge in [0.25, 0.3) is 0 Å². The van der Waals surface area contributed by atoms with Crippen molar-refractivity contribution in [2.24, 2.45) is 5.92 Å². The van der Waals surface area contributed by atoms with Crippen molar-refractivity contribution in [2.75, 3.05) is 38.8 Å². The van der Waals surface area contributed by atoms with Crippen LogP contribution < -0.4 is 19.7 Å². The van der Waals surface area contributed by atoms with Crippen LogP contribution in [-0.4, -0.2) is 50.0 Å². The fourth-order valence-electron chi connectivity index (χ4n) is 4.08. The Morgan fingerprint density at radius 2 is 1.67 bits per heavy atom. The highest BCUT2D eigenvalue weighted by molar-refractivity contribution is 5.79. The molecule has 1 atom stereocenters. The Labute approximate surface area is 194 Å². The van der Waals surface area contributed by atoms with Crippen molar-refractivity contribution < 1.29 is 14.3 Å². The van der Waals surface area contributed by atoms with E-state index < -0.39 is 0 Å². The molecule has 0 bridgehead atoms. The average molecular weight is 447 g/mol. The second-order valence-electron chi connectivity index (χ2n) is 8.18. The third-order valence-electron chi connectivity index (χ3n) is 6.02. The molecule has 1 aliphatic heterocycles. The van der Waals surface area contributed by atoms with Crippen LogP contribution in [0.25, 0.3) is 11.3 Å². The quantitative estimate of drug-likeness (QED) is 0.568. The predicted molar refractivity (Wildman–Crippen MR) is 129 cm³/mol. The van der Waals surface area contributed by atoms with Gasteiger partial charge in [-0.05, 0) is 73.4 Å². The number of nitrogens with one attached hydrogen (secondary N) is 1. The lowest BCUT2D eigenvalue weighted by atomic mass is 9.97. The van der Waals surface area contributed by atoms with Crippen LogP contribution in [0.5, 0.6) is 11.5 Å². The summed E-state index contributed by atoms with van der Waals surface area (Å²) in [4.78, 5) is 14.9. The van der Waals surface area contributed by atoms with E-state index in [0.717, 1.165) is 54.4 Å². The summed E-state index contributed by atoms with van der Waals surface area (Å²) in [6.07, 6.45) is 2.64. The van der Waals surface area contributed by atoms with Crippen LogP contribution in [0.2, 0.25) is 0 Å². The van der Waals surface area contributed by atoms with E-state index in [2.05, 4.69) is 20.4 Å². The highest BCUT2D eigenvalue weighted by atomic mass is 16.5. The molecule has 2 aromatic carbocycles. The number of benzene rings is 2. The Bertz CT molecular complexity index is 1040. The zero-order chi connectivity index (χ0) is 23.0. The van der Waals surface area contributed by atoms with Crippen LogP contribution in [0.1, 0.15) is 18.4 Å². The molecule has 1 amide bonds. The minimum absolute atomic E-state index is 0.0438. The first kappa shape index (κ1) is 22.6. The number of anilines is 1. The normalized spacial score (nSPS) is 15.7. The van der Waals surface area contributed by atoms with E-state index in [1.165, 1.54) is 5.56 Å². The first-order valence-corrected chi connectivity index (χ1v) is 11.3. The van der Waals surface area contributed by atoms with E-state index in [1.54, 1.807) is 14.2 Å². The van der Waals surface area contributed by atoms with E-state index >= 15 is 0 Å². The summed E-state index contributed by atoms with van der Waals surface area (Å²) in [5.74, 6) is 2.52. The van der Waals surface area contributed by atoms with E-state index in [4.69, 9.17) is 9.47 Å². The van der Waals surface area contributed by atoms with Crippen LogP contribution in [-0.2, 0) is 11.2 Å². The molecule has 1 N–H and O–H groups in total. The monoisotopic (exact) mass is 446 g/mol. The fraction of sp³-hybridized carbons (Fsp3) is 0.346. The minimum Gasteiger partial charge on any atom is -0.497 e. The van der Waals surface area contributed by atoms with Crippen molar-refractivity contribution in [1.82, 2.24) is 15.5 Å². The maximum atomic E-state index is 12.8. The molecule has 0 radical (unpaired) electrons. The number of carbonyl (C=O) groups is 1. The average Bonchev–Trinajstić information content (AvgIpc) is 2.89. The standard InChI is InChI=1S/C26H30N4O3/c1-32-22-9-5-19(6-10-22)15-16-27-26(31)21-4-3-17-30(18-21)25-14-13-24(28-29-25)20-7-11-23(33-2)12-8-20/h5-14,21H,3-4,15-18H2,1-2H3,(H,27,31). The minimum atomic E-state index is -0.0438. The molecule has 1 fully saturated rings. The summed E-state index contributed by atoms with van der Waals surface area (Å²) in [5, 5.41) is 11.9. The Hall–Kier alpha value is -3.61. The lowest BCUT2D eigenvalue weighted by molar-refractivity contribution is -0.125. The maximum absolute atomic E-state index is 12.8. The van der Waals surface area contributed by atoms with Crippen molar-refractivity contribution >= 4 is 11.7 Å². The zero-order valence-electron chi connectivity index (χ0n) is 19.2. The highest BCUT2D eigenvalue weighted by Crippen LogP contribution is 2.24. The van der Waals surface area contributed by atoms with Gasteiger partial charge in [0, 0.05) is 25.2 Å². The Balaban J connectivity index is 1.30. The number of ether oxygens (including phenoxy) is 2. The highest BCUT2D eigenvalue weighted by Gasteiger charge is 2.26. The Morgan fingerprint density at radius 3 is 2.30 bits per heavy atom. The number of hydrogen-bond donors (Lipinski definition) is 1.